The summed E-state index contributed by atoms with van der Waals surface area (Å²) in [7, 11) is 0. The van der Waals surface area contributed by atoms with Crippen LogP contribution in [0.4, 0.5) is 11.5 Å². The third-order valence-corrected chi connectivity index (χ3v) is 5.53. The van der Waals surface area contributed by atoms with Gasteiger partial charge in [0.15, 0.2) is 12.1 Å². The van der Waals surface area contributed by atoms with Crippen LogP contribution in [0.15, 0.2) is 36.5 Å². The van der Waals surface area contributed by atoms with Crippen LogP contribution in [-0.2, 0) is 19.0 Å². The van der Waals surface area contributed by atoms with Crippen molar-refractivity contribution in [1.29, 1.82) is 0 Å². The Morgan fingerprint density at radius 3 is 2.53 bits per heavy atom. The number of esters is 1. The van der Waals surface area contributed by atoms with Crippen molar-refractivity contribution in [1.82, 2.24) is 10.2 Å². The Balaban J connectivity index is 0.00000158. The van der Waals surface area contributed by atoms with Gasteiger partial charge in [0, 0.05) is 47.1 Å². The fraction of sp³-hybridized carbons (Fsp3) is 0.480. The molecule has 34 heavy (non-hydrogen) atoms. The fourth-order valence-corrected chi connectivity index (χ4v) is 4.14. The van der Waals surface area contributed by atoms with E-state index in [0.717, 1.165) is 41.9 Å². The maximum Gasteiger partial charge on any atom is 0.302 e. The van der Waals surface area contributed by atoms with Gasteiger partial charge < -0.3 is 24.8 Å². The van der Waals surface area contributed by atoms with E-state index >= 15 is 0 Å². The zero-order chi connectivity index (χ0) is 24.7. The SMILES string of the molecule is C=C(C)Nc1ccc(C(=O)Nc2cc(C3CCC(OC(C)=O)C3)[nH]n2)cc1C1OCCO1.CC. The summed E-state index contributed by atoms with van der Waals surface area (Å²) in [5.41, 5.74) is 3.68. The number of allylic oxidation sites excluding steroid dienone is 1. The quantitative estimate of drug-likeness (QED) is 0.494. The molecule has 1 aromatic heterocycles. The van der Waals surface area contributed by atoms with Crippen molar-refractivity contribution in [3.63, 3.8) is 0 Å². The van der Waals surface area contributed by atoms with Gasteiger partial charge in [-0.3, -0.25) is 14.7 Å². The number of H-pyrrole nitrogens is 1. The number of anilines is 2. The number of nitrogens with zero attached hydrogens (tertiary/aromatic N) is 1. The van der Waals surface area contributed by atoms with Crippen LogP contribution in [0.2, 0.25) is 0 Å². The molecule has 2 aliphatic rings. The minimum absolute atomic E-state index is 0.0661. The number of hydrogen-bond acceptors (Lipinski definition) is 7. The molecule has 1 amide bonds. The highest BCUT2D eigenvalue weighted by Gasteiger charge is 2.29. The molecule has 3 N–H and O–H groups in total. The van der Waals surface area contributed by atoms with Gasteiger partial charge in [0.25, 0.3) is 5.91 Å². The van der Waals surface area contributed by atoms with Crippen molar-refractivity contribution in [2.75, 3.05) is 23.8 Å². The lowest BCUT2D eigenvalue weighted by Crippen LogP contribution is -2.14. The zero-order valence-electron chi connectivity index (χ0n) is 20.3. The van der Waals surface area contributed by atoms with Crippen molar-refractivity contribution >= 4 is 23.4 Å². The van der Waals surface area contributed by atoms with E-state index in [1.54, 1.807) is 12.1 Å². The van der Waals surface area contributed by atoms with E-state index in [0.29, 0.717) is 24.6 Å². The smallest absolute Gasteiger partial charge is 0.302 e. The molecule has 4 rings (SSSR count). The van der Waals surface area contributed by atoms with E-state index in [-0.39, 0.29) is 23.9 Å². The Kier molecular flexibility index (Phi) is 8.84. The van der Waals surface area contributed by atoms with E-state index < -0.39 is 6.29 Å². The summed E-state index contributed by atoms with van der Waals surface area (Å²) in [5.74, 6) is 0.118. The Morgan fingerprint density at radius 1 is 1.12 bits per heavy atom. The van der Waals surface area contributed by atoms with Gasteiger partial charge in [-0.25, -0.2) is 0 Å². The van der Waals surface area contributed by atoms with Gasteiger partial charge in [0.05, 0.1) is 13.2 Å². The molecule has 2 fully saturated rings. The lowest BCUT2D eigenvalue weighted by Gasteiger charge is -2.17. The van der Waals surface area contributed by atoms with E-state index in [2.05, 4.69) is 27.4 Å². The maximum atomic E-state index is 12.9. The number of aromatic amines is 1. The number of carbonyl (C=O) groups excluding carboxylic acids is 2. The third kappa shape index (κ3) is 6.45. The minimum Gasteiger partial charge on any atom is -0.463 e. The van der Waals surface area contributed by atoms with Gasteiger partial charge in [-0.15, -0.1) is 0 Å². The van der Waals surface area contributed by atoms with Crippen LogP contribution >= 0.6 is 0 Å². The molecule has 1 aliphatic heterocycles. The fourth-order valence-electron chi connectivity index (χ4n) is 4.14. The van der Waals surface area contributed by atoms with Gasteiger partial charge >= 0.3 is 5.97 Å². The number of carbonyl (C=O) groups is 2. The van der Waals surface area contributed by atoms with E-state index in [9.17, 15) is 9.59 Å². The Bertz CT molecular complexity index is 1010. The molecule has 1 aliphatic carbocycles. The summed E-state index contributed by atoms with van der Waals surface area (Å²) in [5, 5.41) is 13.2. The number of nitrogens with one attached hydrogen (secondary N) is 3. The van der Waals surface area contributed by atoms with Crippen molar-refractivity contribution in [2.45, 2.75) is 65.3 Å². The Labute approximate surface area is 200 Å². The van der Waals surface area contributed by atoms with Gasteiger partial charge in [-0.2, -0.15) is 5.10 Å². The maximum absolute atomic E-state index is 12.9. The van der Waals surface area contributed by atoms with Crippen LogP contribution in [0.3, 0.4) is 0 Å². The molecule has 9 heteroatoms. The summed E-state index contributed by atoms with van der Waals surface area (Å²) < 4.78 is 16.6. The van der Waals surface area contributed by atoms with Crippen molar-refractivity contribution in [3.8, 4) is 0 Å². The first-order valence-corrected chi connectivity index (χ1v) is 11.7. The van der Waals surface area contributed by atoms with E-state index in [1.165, 1.54) is 6.92 Å². The average Bonchev–Trinajstić information content (AvgIpc) is 3.57. The standard InChI is InChI=1S/C23H28N4O5.C2H6/c1-13(2)24-19-7-5-16(11-18(19)23-30-8-9-31-23)22(29)25-21-12-20(26-27-21)15-4-6-17(10-15)32-14(3)28;1-2/h5,7,11-12,15,17,23-24H,1,4,6,8-10H2,2-3H3,(H2,25,26,27,29);1-2H3. The monoisotopic (exact) mass is 470 g/mol. The predicted octanol–water partition coefficient (Wildman–Crippen LogP) is 4.88. The summed E-state index contributed by atoms with van der Waals surface area (Å²) >= 11 is 0. The molecule has 0 bridgehead atoms. The van der Waals surface area contributed by atoms with Crippen molar-refractivity contribution in [2.24, 2.45) is 0 Å². The number of rotatable bonds is 7. The molecule has 2 heterocycles. The summed E-state index contributed by atoms with van der Waals surface area (Å²) in [6.45, 7) is 12.2. The molecular weight excluding hydrogens is 436 g/mol. The highest BCUT2D eigenvalue weighted by molar-refractivity contribution is 6.04. The molecule has 0 spiro atoms. The molecule has 1 saturated heterocycles. The predicted molar refractivity (Wildman–Crippen MR) is 130 cm³/mol. The first kappa shape index (κ1) is 25.5. The van der Waals surface area contributed by atoms with E-state index in [4.69, 9.17) is 14.2 Å². The van der Waals surface area contributed by atoms with Crippen LogP contribution in [0.5, 0.6) is 0 Å². The number of hydrogen-bond donors (Lipinski definition) is 3. The van der Waals surface area contributed by atoms with Crippen LogP contribution in [0.25, 0.3) is 0 Å². The van der Waals surface area contributed by atoms with Gasteiger partial charge in [0.1, 0.15) is 6.10 Å². The second-order valence-corrected chi connectivity index (χ2v) is 8.18. The first-order valence-electron chi connectivity index (χ1n) is 11.7. The van der Waals surface area contributed by atoms with Gasteiger partial charge in [-0.05, 0) is 44.4 Å². The van der Waals surface area contributed by atoms with Gasteiger partial charge in [0.2, 0.25) is 0 Å². The number of benzene rings is 1. The summed E-state index contributed by atoms with van der Waals surface area (Å²) in [4.78, 5) is 24.0. The van der Waals surface area contributed by atoms with Crippen molar-refractivity contribution in [3.05, 3.63) is 53.4 Å². The second kappa shape index (κ2) is 11.8. The molecule has 9 nitrogen and oxygen atoms in total. The van der Waals surface area contributed by atoms with Crippen LogP contribution in [-0.4, -0.2) is 41.4 Å². The molecular formula is C25H34N4O5. The molecule has 2 aromatic rings. The first-order chi connectivity index (χ1) is 16.4. The molecule has 1 aromatic carbocycles. The number of ether oxygens (including phenoxy) is 3. The highest BCUT2D eigenvalue weighted by Crippen LogP contribution is 2.36. The lowest BCUT2D eigenvalue weighted by molar-refractivity contribution is -0.145. The summed E-state index contributed by atoms with van der Waals surface area (Å²) in [6, 6.07) is 7.13. The third-order valence-electron chi connectivity index (χ3n) is 5.53. The van der Waals surface area contributed by atoms with E-state index in [1.807, 2.05) is 32.9 Å². The lowest BCUT2D eigenvalue weighted by atomic mass is 10.0. The second-order valence-electron chi connectivity index (χ2n) is 8.18. The van der Waals surface area contributed by atoms with Gasteiger partial charge in [-0.1, -0.05) is 20.4 Å². The molecule has 2 atom stereocenters. The largest absolute Gasteiger partial charge is 0.463 e. The zero-order valence-corrected chi connectivity index (χ0v) is 20.3. The van der Waals surface area contributed by atoms with Crippen LogP contribution in [0.1, 0.15) is 80.8 Å². The topological polar surface area (TPSA) is 115 Å². The number of amides is 1. The van der Waals surface area contributed by atoms with Crippen molar-refractivity contribution < 1.29 is 23.8 Å². The molecule has 1 saturated carbocycles. The average molecular weight is 471 g/mol. The molecule has 184 valence electrons. The Hall–Kier alpha value is -3.17. The molecule has 0 radical (unpaired) electrons. The number of aromatic nitrogens is 2. The normalized spacial score (nSPS) is 19.8. The minimum atomic E-state index is -0.533. The molecule has 2 unspecified atom stereocenters. The summed E-state index contributed by atoms with van der Waals surface area (Å²) in [6.07, 6.45) is 1.87. The highest BCUT2D eigenvalue weighted by atomic mass is 16.7. The van der Waals surface area contributed by atoms with Crippen LogP contribution in [0, 0.1) is 0 Å². The Morgan fingerprint density at radius 2 is 1.85 bits per heavy atom. The van der Waals surface area contributed by atoms with Crippen LogP contribution < -0.4 is 10.6 Å².